The van der Waals surface area contributed by atoms with Crippen LogP contribution >= 0.6 is 0 Å². The lowest BCUT2D eigenvalue weighted by Gasteiger charge is -2.43. The van der Waals surface area contributed by atoms with Gasteiger partial charge in [-0.3, -0.25) is 14.4 Å². The molecule has 3 N–H and O–H groups in total. The molecule has 0 aromatic heterocycles. The number of aromatic hydroxyl groups is 1. The average molecular weight is 594 g/mol. The number of hydrogen-bond donors (Lipinski definition) is 3. The number of hydrogen-bond acceptors (Lipinski definition) is 7. The summed E-state index contributed by atoms with van der Waals surface area (Å²) in [5.74, 6) is 1.06. The van der Waals surface area contributed by atoms with Crippen molar-refractivity contribution in [1.82, 2.24) is 15.5 Å². The zero-order valence-corrected chi connectivity index (χ0v) is 26.0. The third kappa shape index (κ3) is 11.0. The molecule has 10 nitrogen and oxygen atoms in total. The van der Waals surface area contributed by atoms with Crippen molar-refractivity contribution in [3.63, 3.8) is 0 Å². The number of alkyl carbamates (subject to hydrolysis) is 1. The second-order valence-electron chi connectivity index (χ2n) is 12.0. The van der Waals surface area contributed by atoms with Crippen LogP contribution in [0.5, 0.6) is 5.75 Å². The summed E-state index contributed by atoms with van der Waals surface area (Å²) < 4.78 is 10.4. The first-order chi connectivity index (χ1) is 20.1. The summed E-state index contributed by atoms with van der Waals surface area (Å²) in [5.41, 5.74) is -0.00412. The quantitative estimate of drug-likeness (QED) is 0.262. The molecule has 2 aromatic carbocycles. The van der Waals surface area contributed by atoms with Crippen molar-refractivity contribution in [3.05, 3.63) is 65.2 Å². The standard InChI is InChI=1S/C33H43N3O7/c1-9-22-11-15-24(16-12-22)28(29(39)34-20-19-27(38)42-10-2)36(32(3,4)5)30(40)26(35-31(41)43-33(6,7)8)21-23-13-17-25(37)18-14-23/h1,11-18,26,28,37H,10,19-21H2,2-8H3,(H,34,39)(H,35,41). The SMILES string of the molecule is C#Cc1ccc(C(C(=O)NCCC(=O)OCC)N(C(=O)C(Cc2ccc(O)cc2)NC(=O)OC(C)(C)C)C(C)(C)C)cc1. The van der Waals surface area contributed by atoms with Crippen molar-refractivity contribution in [1.29, 1.82) is 0 Å². The number of esters is 1. The van der Waals surface area contributed by atoms with Crippen LogP contribution in [-0.2, 0) is 30.3 Å². The van der Waals surface area contributed by atoms with E-state index in [2.05, 4.69) is 16.6 Å². The van der Waals surface area contributed by atoms with Gasteiger partial charge in [-0.05, 0) is 83.9 Å². The van der Waals surface area contributed by atoms with Gasteiger partial charge in [0.25, 0.3) is 0 Å². The number of terminal acetylenes is 1. The second-order valence-corrected chi connectivity index (χ2v) is 12.0. The highest BCUT2D eigenvalue weighted by molar-refractivity contribution is 5.93. The van der Waals surface area contributed by atoms with Crippen molar-refractivity contribution in [2.75, 3.05) is 13.2 Å². The summed E-state index contributed by atoms with van der Waals surface area (Å²) in [4.78, 5) is 54.5. The van der Waals surface area contributed by atoms with Gasteiger partial charge in [0.15, 0.2) is 0 Å². The molecule has 10 heteroatoms. The number of phenolic OH excluding ortho intramolecular Hbond substituents is 1. The van der Waals surface area contributed by atoms with E-state index in [1.165, 1.54) is 17.0 Å². The summed E-state index contributed by atoms with van der Waals surface area (Å²) >= 11 is 0. The highest BCUT2D eigenvalue weighted by Gasteiger charge is 2.42. The van der Waals surface area contributed by atoms with Gasteiger partial charge < -0.3 is 30.1 Å². The maximum Gasteiger partial charge on any atom is 0.408 e. The molecule has 2 rings (SSSR count). The molecule has 0 fully saturated rings. The molecule has 43 heavy (non-hydrogen) atoms. The third-order valence-corrected chi connectivity index (χ3v) is 6.16. The maximum absolute atomic E-state index is 14.5. The molecule has 0 saturated carbocycles. The van der Waals surface area contributed by atoms with Gasteiger partial charge in [-0.2, -0.15) is 0 Å². The second kappa shape index (κ2) is 15.1. The fourth-order valence-corrected chi connectivity index (χ4v) is 4.33. The molecule has 0 radical (unpaired) electrons. The van der Waals surface area contributed by atoms with Gasteiger partial charge >= 0.3 is 12.1 Å². The Morgan fingerprint density at radius 3 is 2.09 bits per heavy atom. The molecule has 0 aliphatic heterocycles. The lowest BCUT2D eigenvalue weighted by molar-refractivity contribution is -0.149. The summed E-state index contributed by atoms with van der Waals surface area (Å²) in [5, 5.41) is 15.2. The van der Waals surface area contributed by atoms with Crippen LogP contribution in [0.3, 0.4) is 0 Å². The van der Waals surface area contributed by atoms with Crippen molar-refractivity contribution in [3.8, 4) is 18.1 Å². The van der Waals surface area contributed by atoms with Crippen LogP contribution in [0.2, 0.25) is 0 Å². The van der Waals surface area contributed by atoms with E-state index in [-0.39, 0.29) is 31.7 Å². The van der Waals surface area contributed by atoms with Crippen LogP contribution in [0.15, 0.2) is 48.5 Å². The van der Waals surface area contributed by atoms with E-state index >= 15 is 0 Å². The molecule has 0 bridgehead atoms. The van der Waals surface area contributed by atoms with Crippen molar-refractivity contribution in [2.24, 2.45) is 0 Å². The van der Waals surface area contributed by atoms with Crippen molar-refractivity contribution in [2.45, 2.75) is 84.5 Å². The van der Waals surface area contributed by atoms with E-state index < -0.39 is 47.1 Å². The molecule has 2 atom stereocenters. The smallest absolute Gasteiger partial charge is 0.408 e. The third-order valence-electron chi connectivity index (χ3n) is 6.16. The number of phenols is 1. The monoisotopic (exact) mass is 593 g/mol. The molecule has 2 aromatic rings. The molecule has 3 amide bonds. The van der Waals surface area contributed by atoms with Crippen LogP contribution in [0, 0.1) is 12.3 Å². The summed E-state index contributed by atoms with van der Waals surface area (Å²) in [6.07, 6.45) is 4.75. The Morgan fingerprint density at radius 1 is 0.977 bits per heavy atom. The van der Waals surface area contributed by atoms with Gasteiger partial charge in [0.1, 0.15) is 23.4 Å². The van der Waals surface area contributed by atoms with E-state index in [1.807, 2.05) is 0 Å². The molecule has 0 aliphatic rings. The fraction of sp³-hybridized carbons (Fsp3) is 0.455. The van der Waals surface area contributed by atoms with Crippen LogP contribution in [-0.4, -0.2) is 64.2 Å². The Bertz CT molecular complexity index is 1300. The van der Waals surface area contributed by atoms with E-state index in [9.17, 15) is 24.3 Å². The Morgan fingerprint density at radius 2 is 1.58 bits per heavy atom. The van der Waals surface area contributed by atoms with Gasteiger partial charge in [-0.25, -0.2) is 4.79 Å². The molecule has 2 unspecified atom stereocenters. The minimum Gasteiger partial charge on any atom is -0.508 e. The summed E-state index contributed by atoms with van der Waals surface area (Å²) in [7, 11) is 0. The fourth-order valence-electron chi connectivity index (χ4n) is 4.33. The zero-order chi connectivity index (χ0) is 32.4. The highest BCUT2D eigenvalue weighted by atomic mass is 16.6. The van der Waals surface area contributed by atoms with Crippen LogP contribution in [0.25, 0.3) is 0 Å². The predicted molar refractivity (Wildman–Crippen MR) is 163 cm³/mol. The number of nitrogens with one attached hydrogen (secondary N) is 2. The number of carbonyl (C=O) groups excluding carboxylic acids is 4. The minimum atomic E-state index is -1.15. The number of nitrogens with zero attached hydrogens (tertiary/aromatic N) is 1. The first kappa shape index (κ1) is 34.7. The normalized spacial score (nSPS) is 12.7. The molecule has 232 valence electrons. The topological polar surface area (TPSA) is 134 Å². The molecular weight excluding hydrogens is 550 g/mol. The number of amides is 3. The van der Waals surface area contributed by atoms with Crippen LogP contribution in [0.4, 0.5) is 4.79 Å². The first-order valence-electron chi connectivity index (χ1n) is 14.2. The Balaban J connectivity index is 2.57. The largest absolute Gasteiger partial charge is 0.508 e. The predicted octanol–water partition coefficient (Wildman–Crippen LogP) is 4.25. The molecule has 0 spiro atoms. The van der Waals surface area contributed by atoms with Gasteiger partial charge in [0.2, 0.25) is 11.8 Å². The molecule has 0 heterocycles. The Hall–Kier alpha value is -4.52. The minimum absolute atomic E-state index is 0.00409. The number of ether oxygens (including phenoxy) is 2. The van der Waals surface area contributed by atoms with Gasteiger partial charge in [0, 0.05) is 24.1 Å². The van der Waals surface area contributed by atoms with E-state index in [4.69, 9.17) is 15.9 Å². The maximum atomic E-state index is 14.5. The van der Waals surface area contributed by atoms with Crippen molar-refractivity contribution < 1.29 is 33.8 Å². The molecule has 0 aliphatic carbocycles. The average Bonchev–Trinajstić information content (AvgIpc) is 2.90. The van der Waals surface area contributed by atoms with E-state index in [0.717, 1.165) is 0 Å². The Labute approximate surface area is 254 Å². The summed E-state index contributed by atoms with van der Waals surface area (Å²) in [6.45, 7) is 12.4. The number of carbonyl (C=O) groups is 4. The molecular formula is C33H43N3O7. The van der Waals surface area contributed by atoms with Crippen molar-refractivity contribution >= 4 is 23.9 Å². The first-order valence-corrected chi connectivity index (χ1v) is 14.2. The highest BCUT2D eigenvalue weighted by Crippen LogP contribution is 2.31. The van der Waals surface area contributed by atoms with Crippen LogP contribution < -0.4 is 10.6 Å². The molecule has 0 saturated heterocycles. The lowest BCUT2D eigenvalue weighted by Crippen LogP contribution is -2.59. The number of benzene rings is 2. The van der Waals surface area contributed by atoms with Gasteiger partial charge in [-0.1, -0.05) is 30.2 Å². The summed E-state index contributed by atoms with van der Waals surface area (Å²) in [6, 6.07) is 10.7. The van der Waals surface area contributed by atoms with E-state index in [0.29, 0.717) is 16.7 Å². The van der Waals surface area contributed by atoms with E-state index in [1.54, 1.807) is 84.9 Å². The number of rotatable bonds is 11. The van der Waals surface area contributed by atoms with Crippen LogP contribution in [0.1, 0.15) is 77.6 Å². The van der Waals surface area contributed by atoms with Gasteiger partial charge in [0.05, 0.1) is 13.0 Å². The van der Waals surface area contributed by atoms with Gasteiger partial charge in [-0.15, -0.1) is 6.42 Å². The lowest BCUT2D eigenvalue weighted by atomic mass is 9.93. The Kier molecular flexibility index (Phi) is 12.2. The zero-order valence-electron chi connectivity index (χ0n) is 26.0.